The van der Waals surface area contributed by atoms with Gasteiger partial charge in [-0.05, 0) is 32.3 Å². The highest BCUT2D eigenvalue weighted by atomic mass is 16.6. The molecular weight excluding hydrogens is 310 g/mol. The third kappa shape index (κ3) is 2.76. The lowest BCUT2D eigenvalue weighted by molar-refractivity contribution is -0.384. The standard InChI is InChI=1S/C16H10.C6H5NO2/c1-3-11-7-9-13-5-2-6-14-10-8-12(4-1)15(11)16(13)14;8-7(9)6-4-2-1-3-5-6/h1-10H;1-5H. The summed E-state index contributed by atoms with van der Waals surface area (Å²) >= 11 is 0. The Morgan fingerprint density at radius 3 is 1.24 bits per heavy atom. The first-order chi connectivity index (χ1) is 12.2. The van der Waals surface area contributed by atoms with E-state index in [1.165, 1.54) is 44.5 Å². The molecule has 25 heavy (non-hydrogen) atoms. The van der Waals surface area contributed by atoms with Crippen LogP contribution in [-0.2, 0) is 0 Å². The van der Waals surface area contributed by atoms with Crippen molar-refractivity contribution in [2.75, 3.05) is 0 Å². The summed E-state index contributed by atoms with van der Waals surface area (Å²) < 4.78 is 0. The van der Waals surface area contributed by atoms with Gasteiger partial charge in [0.2, 0.25) is 0 Å². The minimum Gasteiger partial charge on any atom is -0.258 e. The van der Waals surface area contributed by atoms with E-state index in [0.29, 0.717) is 0 Å². The minimum atomic E-state index is -0.417. The second kappa shape index (κ2) is 6.21. The van der Waals surface area contributed by atoms with Crippen molar-refractivity contribution in [2.45, 2.75) is 0 Å². The highest BCUT2D eigenvalue weighted by molar-refractivity contribution is 6.22. The molecule has 0 saturated carbocycles. The van der Waals surface area contributed by atoms with Crippen molar-refractivity contribution in [3.05, 3.63) is 101 Å². The molecule has 0 aliphatic carbocycles. The molecule has 0 saturated heterocycles. The van der Waals surface area contributed by atoms with Crippen molar-refractivity contribution in [3.63, 3.8) is 0 Å². The fraction of sp³-hybridized carbons (Fsp3) is 0. The fourth-order valence-electron chi connectivity index (χ4n) is 3.22. The van der Waals surface area contributed by atoms with Crippen LogP contribution in [0.1, 0.15) is 0 Å². The van der Waals surface area contributed by atoms with E-state index in [9.17, 15) is 10.1 Å². The average molecular weight is 325 g/mol. The minimum absolute atomic E-state index is 0.137. The van der Waals surface area contributed by atoms with Crippen molar-refractivity contribution in [3.8, 4) is 0 Å². The number of hydrogen-bond acceptors (Lipinski definition) is 2. The van der Waals surface area contributed by atoms with E-state index in [0.717, 1.165) is 0 Å². The van der Waals surface area contributed by atoms with Crippen molar-refractivity contribution in [1.29, 1.82) is 0 Å². The van der Waals surface area contributed by atoms with Gasteiger partial charge < -0.3 is 0 Å². The topological polar surface area (TPSA) is 43.1 Å². The molecule has 5 aromatic carbocycles. The normalized spacial score (nSPS) is 10.7. The van der Waals surface area contributed by atoms with Gasteiger partial charge in [-0.2, -0.15) is 0 Å². The van der Waals surface area contributed by atoms with Gasteiger partial charge in [0.1, 0.15) is 0 Å². The van der Waals surface area contributed by atoms with Crippen molar-refractivity contribution >= 4 is 38.0 Å². The van der Waals surface area contributed by atoms with E-state index >= 15 is 0 Å². The molecule has 0 radical (unpaired) electrons. The summed E-state index contributed by atoms with van der Waals surface area (Å²) in [7, 11) is 0. The van der Waals surface area contributed by atoms with Gasteiger partial charge in [-0.25, -0.2) is 0 Å². The summed E-state index contributed by atoms with van der Waals surface area (Å²) in [5.74, 6) is 0. The van der Waals surface area contributed by atoms with E-state index in [-0.39, 0.29) is 5.69 Å². The van der Waals surface area contributed by atoms with Crippen LogP contribution >= 0.6 is 0 Å². The monoisotopic (exact) mass is 325 g/mol. The lowest BCUT2D eigenvalue weighted by atomic mass is 9.95. The number of para-hydroxylation sites is 1. The van der Waals surface area contributed by atoms with E-state index in [4.69, 9.17) is 0 Å². The molecule has 3 heteroatoms. The molecular formula is C22H15NO2. The number of nitro benzene ring substituents is 1. The Balaban J connectivity index is 0.000000150. The zero-order chi connectivity index (χ0) is 17.2. The molecule has 120 valence electrons. The number of nitrogens with zero attached hydrogens (tertiary/aromatic N) is 1. The van der Waals surface area contributed by atoms with Gasteiger partial charge in [-0.3, -0.25) is 10.1 Å². The van der Waals surface area contributed by atoms with Crippen LogP contribution in [0, 0.1) is 10.1 Å². The van der Waals surface area contributed by atoms with Crippen molar-refractivity contribution < 1.29 is 4.92 Å². The highest BCUT2D eigenvalue weighted by Crippen LogP contribution is 2.33. The first-order valence-electron chi connectivity index (χ1n) is 8.06. The SMILES string of the molecule is O=[N+]([O-])c1ccccc1.c1cc2ccc3cccc4ccc(c1)c2c34. The first kappa shape index (κ1) is 15.1. The Labute approximate surface area is 144 Å². The van der Waals surface area contributed by atoms with Gasteiger partial charge in [-0.1, -0.05) is 78.9 Å². The highest BCUT2D eigenvalue weighted by Gasteiger charge is 2.06. The zero-order valence-electron chi connectivity index (χ0n) is 13.4. The molecule has 0 aliphatic rings. The maximum Gasteiger partial charge on any atom is 0.269 e. The number of non-ortho nitro benzene ring substituents is 1. The Hall–Kier alpha value is -3.46. The third-order valence-corrected chi connectivity index (χ3v) is 4.36. The van der Waals surface area contributed by atoms with Crippen LogP contribution in [0.2, 0.25) is 0 Å². The summed E-state index contributed by atoms with van der Waals surface area (Å²) in [5, 5.41) is 18.1. The van der Waals surface area contributed by atoms with E-state index in [1.54, 1.807) is 18.2 Å². The molecule has 0 bridgehead atoms. The third-order valence-electron chi connectivity index (χ3n) is 4.36. The van der Waals surface area contributed by atoms with E-state index in [1.807, 2.05) is 0 Å². The molecule has 0 spiro atoms. The molecule has 0 unspecified atom stereocenters. The number of benzene rings is 5. The van der Waals surface area contributed by atoms with Crippen LogP contribution in [0.5, 0.6) is 0 Å². The van der Waals surface area contributed by atoms with Crippen LogP contribution in [0.25, 0.3) is 32.3 Å². The van der Waals surface area contributed by atoms with Gasteiger partial charge in [-0.15, -0.1) is 0 Å². The summed E-state index contributed by atoms with van der Waals surface area (Å²) in [6.07, 6.45) is 0. The molecule has 0 atom stereocenters. The van der Waals surface area contributed by atoms with Crippen LogP contribution in [0.4, 0.5) is 5.69 Å². The Morgan fingerprint density at radius 2 is 0.920 bits per heavy atom. The Bertz CT molecular complexity index is 1040. The average Bonchev–Trinajstić information content (AvgIpc) is 2.67. The van der Waals surface area contributed by atoms with Crippen molar-refractivity contribution in [2.24, 2.45) is 0 Å². The van der Waals surface area contributed by atoms with Crippen LogP contribution in [-0.4, -0.2) is 4.92 Å². The molecule has 5 aromatic rings. The number of hydrogen-bond donors (Lipinski definition) is 0. The molecule has 0 fully saturated rings. The van der Waals surface area contributed by atoms with E-state index in [2.05, 4.69) is 60.7 Å². The quantitative estimate of drug-likeness (QED) is 0.210. The fourth-order valence-corrected chi connectivity index (χ4v) is 3.22. The molecule has 0 heterocycles. The van der Waals surface area contributed by atoms with Gasteiger partial charge in [0.05, 0.1) is 4.92 Å². The molecule has 5 rings (SSSR count). The van der Waals surface area contributed by atoms with Gasteiger partial charge in [0.25, 0.3) is 5.69 Å². The summed E-state index contributed by atoms with van der Waals surface area (Å²) in [6.45, 7) is 0. The molecule has 0 amide bonds. The maximum absolute atomic E-state index is 10.0. The summed E-state index contributed by atoms with van der Waals surface area (Å²) in [5.41, 5.74) is 0.137. The molecule has 0 N–H and O–H groups in total. The largest absolute Gasteiger partial charge is 0.269 e. The van der Waals surface area contributed by atoms with Crippen LogP contribution < -0.4 is 0 Å². The second-order valence-corrected chi connectivity index (χ2v) is 5.88. The lowest BCUT2D eigenvalue weighted by Crippen LogP contribution is -1.84. The lowest BCUT2D eigenvalue weighted by Gasteiger charge is -2.09. The maximum atomic E-state index is 10.0. The van der Waals surface area contributed by atoms with Gasteiger partial charge in [0.15, 0.2) is 0 Å². The van der Waals surface area contributed by atoms with Crippen LogP contribution in [0.3, 0.4) is 0 Å². The Morgan fingerprint density at radius 1 is 0.520 bits per heavy atom. The number of nitro groups is 1. The summed E-state index contributed by atoms with van der Waals surface area (Å²) in [4.78, 5) is 9.59. The van der Waals surface area contributed by atoms with E-state index < -0.39 is 4.92 Å². The predicted octanol–water partition coefficient (Wildman–Crippen LogP) is 6.18. The molecule has 3 nitrogen and oxygen atoms in total. The first-order valence-corrected chi connectivity index (χ1v) is 8.06. The zero-order valence-corrected chi connectivity index (χ0v) is 13.4. The van der Waals surface area contributed by atoms with Gasteiger partial charge in [0, 0.05) is 12.1 Å². The molecule has 0 aromatic heterocycles. The Kier molecular flexibility index (Phi) is 3.75. The van der Waals surface area contributed by atoms with Crippen molar-refractivity contribution in [1.82, 2.24) is 0 Å². The molecule has 0 aliphatic heterocycles. The predicted molar refractivity (Wildman–Crippen MR) is 103 cm³/mol. The number of rotatable bonds is 1. The smallest absolute Gasteiger partial charge is 0.258 e. The second-order valence-electron chi connectivity index (χ2n) is 5.88. The van der Waals surface area contributed by atoms with Crippen LogP contribution in [0.15, 0.2) is 91.0 Å². The summed E-state index contributed by atoms with van der Waals surface area (Å²) in [6, 6.07) is 29.8. The van der Waals surface area contributed by atoms with Gasteiger partial charge >= 0.3 is 0 Å².